The Labute approximate surface area is 315 Å². The zero-order valence-corrected chi connectivity index (χ0v) is 29.6. The molecule has 1 heterocycles. The molecule has 8 aromatic carbocycles. The van der Waals surface area contributed by atoms with Gasteiger partial charge in [0.25, 0.3) is 0 Å². The maximum absolute atomic E-state index is 5.15. The van der Waals surface area contributed by atoms with E-state index in [1.807, 2.05) is 42.5 Å². The average Bonchev–Trinajstić information content (AvgIpc) is 3.26. The van der Waals surface area contributed by atoms with Crippen LogP contribution < -0.4 is 9.80 Å². The lowest BCUT2D eigenvalue weighted by Gasteiger charge is -2.28. The quantitative estimate of drug-likeness (QED) is 0.151. The predicted octanol–water partition coefficient (Wildman–Crippen LogP) is 13.6. The molecule has 0 amide bonds. The van der Waals surface area contributed by atoms with Crippen molar-refractivity contribution in [3.63, 3.8) is 0 Å². The number of hydrogen-bond acceptors (Lipinski definition) is 4. The van der Waals surface area contributed by atoms with Crippen LogP contribution in [0, 0.1) is 0 Å². The topological polar surface area (TPSA) is 32.3 Å². The number of rotatable bonds is 9. The number of para-hydroxylation sites is 4. The van der Waals surface area contributed by atoms with Gasteiger partial charge in [-0.2, -0.15) is 0 Å². The summed E-state index contributed by atoms with van der Waals surface area (Å²) in [4.78, 5) is 14.8. The van der Waals surface area contributed by atoms with Crippen LogP contribution in [-0.2, 0) is 0 Å². The van der Waals surface area contributed by atoms with Crippen molar-refractivity contribution < 1.29 is 0 Å². The Morgan fingerprint density at radius 1 is 0.222 bits per heavy atom. The van der Waals surface area contributed by atoms with Gasteiger partial charge < -0.3 is 9.80 Å². The van der Waals surface area contributed by atoms with Gasteiger partial charge in [-0.3, -0.25) is 0 Å². The van der Waals surface area contributed by atoms with E-state index in [1.165, 1.54) is 11.1 Å². The Morgan fingerprint density at radius 2 is 0.481 bits per heavy atom. The summed E-state index contributed by atoms with van der Waals surface area (Å²) in [5.74, 6) is 0. The van der Waals surface area contributed by atoms with Crippen molar-refractivity contribution in [2.75, 3.05) is 9.80 Å². The highest BCUT2D eigenvalue weighted by molar-refractivity contribution is 5.88. The van der Waals surface area contributed by atoms with Crippen molar-refractivity contribution in [1.82, 2.24) is 9.97 Å². The molecule has 0 aliphatic heterocycles. The molecular formula is C50H36N4. The minimum Gasteiger partial charge on any atom is -0.311 e. The molecule has 0 N–H and O–H groups in total. The monoisotopic (exact) mass is 692 g/mol. The number of aromatic nitrogens is 2. The highest BCUT2D eigenvalue weighted by atomic mass is 15.2. The molecule has 54 heavy (non-hydrogen) atoms. The molecule has 0 saturated carbocycles. The minimum absolute atomic E-state index is 0.858. The third-order valence-electron chi connectivity index (χ3n) is 9.64. The van der Waals surface area contributed by atoms with Crippen molar-refractivity contribution in [2.24, 2.45) is 0 Å². The molecule has 4 heteroatoms. The van der Waals surface area contributed by atoms with Crippen molar-refractivity contribution >= 4 is 45.2 Å². The predicted molar refractivity (Wildman–Crippen MR) is 225 cm³/mol. The SMILES string of the molecule is c1ccc(-c2ccc(N(c3ccc(-c4nc5ccccc5nc4-c4ccccc4)cc3)c3ccc(N(c4ccccc4)c4ccccc4)cc3)cc2)cc1. The van der Waals surface area contributed by atoms with Crippen molar-refractivity contribution in [1.29, 1.82) is 0 Å². The van der Waals surface area contributed by atoms with E-state index in [0.29, 0.717) is 0 Å². The summed E-state index contributed by atoms with van der Waals surface area (Å²) >= 11 is 0. The minimum atomic E-state index is 0.858. The zero-order valence-electron chi connectivity index (χ0n) is 29.6. The number of hydrogen-bond donors (Lipinski definition) is 0. The van der Waals surface area contributed by atoms with Crippen molar-refractivity contribution in [3.05, 3.63) is 218 Å². The molecule has 256 valence electrons. The van der Waals surface area contributed by atoms with E-state index < -0.39 is 0 Å². The second-order valence-corrected chi connectivity index (χ2v) is 13.1. The molecular weight excluding hydrogens is 657 g/mol. The van der Waals surface area contributed by atoms with Gasteiger partial charge in [0.2, 0.25) is 0 Å². The number of nitrogens with zero attached hydrogens (tertiary/aromatic N) is 4. The van der Waals surface area contributed by atoms with Crippen molar-refractivity contribution in [3.8, 4) is 33.6 Å². The first-order valence-electron chi connectivity index (χ1n) is 18.2. The van der Waals surface area contributed by atoms with Gasteiger partial charge in [0, 0.05) is 45.3 Å². The van der Waals surface area contributed by atoms with E-state index in [0.717, 1.165) is 67.7 Å². The summed E-state index contributed by atoms with van der Waals surface area (Å²) in [5.41, 5.74) is 14.3. The fourth-order valence-corrected chi connectivity index (χ4v) is 7.00. The molecule has 9 aromatic rings. The molecule has 0 unspecified atom stereocenters. The first-order chi connectivity index (χ1) is 26.8. The van der Waals surface area contributed by atoms with Gasteiger partial charge in [-0.15, -0.1) is 0 Å². The van der Waals surface area contributed by atoms with Crippen LogP contribution in [0.1, 0.15) is 0 Å². The van der Waals surface area contributed by atoms with E-state index in [1.54, 1.807) is 0 Å². The molecule has 0 bridgehead atoms. The maximum Gasteiger partial charge on any atom is 0.0973 e. The summed E-state index contributed by atoms with van der Waals surface area (Å²) in [7, 11) is 0. The summed E-state index contributed by atoms with van der Waals surface area (Å²) < 4.78 is 0. The Morgan fingerprint density at radius 3 is 0.889 bits per heavy atom. The molecule has 0 radical (unpaired) electrons. The van der Waals surface area contributed by atoms with Crippen LogP contribution >= 0.6 is 0 Å². The van der Waals surface area contributed by atoms with E-state index in [2.05, 4.69) is 186 Å². The molecule has 0 aliphatic carbocycles. The normalized spacial score (nSPS) is 11.0. The molecule has 1 aromatic heterocycles. The number of fused-ring (bicyclic) bond motifs is 1. The molecule has 9 rings (SSSR count). The van der Waals surface area contributed by atoms with Crippen LogP contribution in [0.4, 0.5) is 34.1 Å². The summed E-state index contributed by atoms with van der Waals surface area (Å²) in [6.45, 7) is 0. The van der Waals surface area contributed by atoms with Gasteiger partial charge in [0.15, 0.2) is 0 Å². The maximum atomic E-state index is 5.15. The number of benzene rings is 8. The lowest BCUT2D eigenvalue weighted by molar-refractivity contribution is 1.25. The van der Waals surface area contributed by atoms with Crippen molar-refractivity contribution in [2.45, 2.75) is 0 Å². The van der Waals surface area contributed by atoms with Crippen LogP contribution in [0.2, 0.25) is 0 Å². The first-order valence-corrected chi connectivity index (χ1v) is 18.2. The van der Waals surface area contributed by atoms with E-state index >= 15 is 0 Å². The summed E-state index contributed by atoms with van der Waals surface area (Å²) in [5, 5.41) is 0. The molecule has 4 nitrogen and oxygen atoms in total. The standard InChI is InChI=1S/C50H36N4/c1-5-15-37(16-6-1)38-25-29-43(30-26-38)54(46-35-33-45(34-36-46)53(41-19-9-3-10-20-41)42-21-11-4-12-22-42)44-31-27-40(28-32-44)50-49(39-17-7-2-8-18-39)51-47-23-13-14-24-48(47)52-50/h1-36H. The second-order valence-electron chi connectivity index (χ2n) is 13.1. The Hall–Kier alpha value is -7.30. The van der Waals surface area contributed by atoms with Gasteiger partial charge in [-0.1, -0.05) is 133 Å². The molecule has 0 saturated heterocycles. The van der Waals surface area contributed by atoms with Gasteiger partial charge in [0.05, 0.1) is 22.4 Å². The van der Waals surface area contributed by atoms with Crippen LogP contribution in [0.3, 0.4) is 0 Å². The van der Waals surface area contributed by atoms with Gasteiger partial charge in [0.1, 0.15) is 0 Å². The molecule has 0 atom stereocenters. The Bertz CT molecular complexity index is 2570. The highest BCUT2D eigenvalue weighted by Crippen LogP contribution is 2.40. The van der Waals surface area contributed by atoms with E-state index in [-0.39, 0.29) is 0 Å². The molecule has 0 spiro atoms. The third kappa shape index (κ3) is 6.60. The summed E-state index contributed by atoms with van der Waals surface area (Å²) in [6.07, 6.45) is 0. The second kappa shape index (κ2) is 14.7. The van der Waals surface area contributed by atoms with E-state index in [4.69, 9.17) is 9.97 Å². The van der Waals surface area contributed by atoms with Gasteiger partial charge in [-0.05, 0) is 96.1 Å². The fraction of sp³-hybridized carbons (Fsp3) is 0. The van der Waals surface area contributed by atoms with E-state index in [9.17, 15) is 0 Å². The molecule has 0 aliphatic rings. The summed E-state index contributed by atoms with van der Waals surface area (Å²) in [6, 6.07) is 76.2. The lowest BCUT2D eigenvalue weighted by Crippen LogP contribution is -2.12. The highest BCUT2D eigenvalue weighted by Gasteiger charge is 2.18. The third-order valence-corrected chi connectivity index (χ3v) is 9.64. The number of anilines is 6. The molecule has 0 fully saturated rings. The van der Waals surface area contributed by atoms with Gasteiger partial charge >= 0.3 is 0 Å². The van der Waals surface area contributed by atoms with Crippen LogP contribution in [0.15, 0.2) is 218 Å². The van der Waals surface area contributed by atoms with Crippen LogP contribution in [0.25, 0.3) is 44.7 Å². The fourth-order valence-electron chi connectivity index (χ4n) is 7.00. The van der Waals surface area contributed by atoms with Gasteiger partial charge in [-0.25, -0.2) is 9.97 Å². The van der Waals surface area contributed by atoms with Crippen LogP contribution in [-0.4, -0.2) is 9.97 Å². The Balaban J connectivity index is 1.13. The average molecular weight is 693 g/mol. The first kappa shape index (κ1) is 32.6. The largest absolute Gasteiger partial charge is 0.311 e. The Kier molecular flexibility index (Phi) is 8.90. The zero-order chi connectivity index (χ0) is 36.1. The lowest BCUT2D eigenvalue weighted by atomic mass is 10.0. The smallest absolute Gasteiger partial charge is 0.0973 e. The van der Waals surface area contributed by atoms with Crippen LogP contribution in [0.5, 0.6) is 0 Å².